The second kappa shape index (κ2) is 8.72. The van der Waals surface area contributed by atoms with Crippen LogP contribution in [0.25, 0.3) is 0 Å². The van der Waals surface area contributed by atoms with Crippen molar-refractivity contribution in [3.8, 4) is 5.75 Å². The van der Waals surface area contributed by atoms with Crippen LogP contribution in [0, 0.1) is 6.92 Å². The van der Waals surface area contributed by atoms with Crippen LogP contribution in [-0.4, -0.2) is 17.4 Å². The fourth-order valence-corrected chi connectivity index (χ4v) is 3.54. The van der Waals surface area contributed by atoms with Gasteiger partial charge in [-0.3, -0.25) is 4.79 Å². The van der Waals surface area contributed by atoms with Gasteiger partial charge in [0.05, 0.1) is 19.4 Å². The molecule has 0 aliphatic carbocycles. The Bertz CT molecular complexity index is 821. The van der Waals surface area contributed by atoms with Crippen molar-refractivity contribution in [1.82, 2.24) is 4.90 Å². The molecule has 0 bridgehead atoms. The van der Waals surface area contributed by atoms with Crippen molar-refractivity contribution in [2.24, 2.45) is 0 Å². The van der Waals surface area contributed by atoms with E-state index < -0.39 is 0 Å². The average Bonchev–Trinajstić information content (AvgIpc) is 3.31. The van der Waals surface area contributed by atoms with Gasteiger partial charge in [0.15, 0.2) is 6.61 Å². The second-order valence-corrected chi connectivity index (χ2v) is 7.14. The van der Waals surface area contributed by atoms with Crippen LogP contribution in [0.3, 0.4) is 0 Å². The van der Waals surface area contributed by atoms with Gasteiger partial charge in [-0.05, 0) is 60.2 Å². The number of thiophene rings is 1. The van der Waals surface area contributed by atoms with Gasteiger partial charge in [0, 0.05) is 4.88 Å². The molecular formula is C21H23NO3S. The highest BCUT2D eigenvalue weighted by molar-refractivity contribution is 7.10. The van der Waals surface area contributed by atoms with Gasteiger partial charge in [0.25, 0.3) is 5.91 Å². The minimum absolute atomic E-state index is 0.0105. The van der Waals surface area contributed by atoms with Crippen LogP contribution in [-0.2, 0) is 24.3 Å². The molecule has 2 aromatic heterocycles. The topological polar surface area (TPSA) is 42.7 Å². The quantitative estimate of drug-likeness (QED) is 0.572. The summed E-state index contributed by atoms with van der Waals surface area (Å²) in [6, 6.07) is 13.6. The van der Waals surface area contributed by atoms with E-state index in [-0.39, 0.29) is 12.5 Å². The van der Waals surface area contributed by atoms with Crippen molar-refractivity contribution in [2.75, 3.05) is 6.61 Å². The monoisotopic (exact) mass is 369 g/mol. The molecule has 1 amide bonds. The lowest BCUT2D eigenvalue weighted by Crippen LogP contribution is -2.34. The van der Waals surface area contributed by atoms with E-state index in [0.29, 0.717) is 18.8 Å². The van der Waals surface area contributed by atoms with E-state index in [1.54, 1.807) is 22.5 Å². The molecule has 4 nitrogen and oxygen atoms in total. The molecule has 0 atom stereocenters. The van der Waals surface area contributed by atoms with Gasteiger partial charge in [0.1, 0.15) is 11.5 Å². The predicted molar refractivity (Wildman–Crippen MR) is 103 cm³/mol. The van der Waals surface area contributed by atoms with E-state index in [4.69, 9.17) is 9.15 Å². The molecule has 0 fully saturated rings. The fourth-order valence-electron chi connectivity index (χ4n) is 2.62. The molecule has 0 N–H and O–H groups in total. The highest BCUT2D eigenvalue weighted by Crippen LogP contribution is 2.20. The number of aryl methyl sites for hydroxylation is 2. The number of carbonyl (C=O) groups is 1. The van der Waals surface area contributed by atoms with E-state index in [1.165, 1.54) is 16.0 Å². The zero-order chi connectivity index (χ0) is 18.4. The molecule has 2 heterocycles. The maximum absolute atomic E-state index is 12.8. The first-order valence-electron chi connectivity index (χ1n) is 8.70. The molecule has 26 heavy (non-hydrogen) atoms. The second-order valence-electron chi connectivity index (χ2n) is 6.14. The zero-order valence-corrected chi connectivity index (χ0v) is 15.9. The number of hydrogen-bond donors (Lipinski definition) is 0. The molecule has 0 unspecified atom stereocenters. The molecule has 0 saturated carbocycles. The molecule has 0 saturated heterocycles. The molecule has 3 aromatic rings. The summed E-state index contributed by atoms with van der Waals surface area (Å²) in [5, 5.41) is 2.05. The first kappa shape index (κ1) is 18.3. The van der Waals surface area contributed by atoms with Gasteiger partial charge in [-0.2, -0.15) is 0 Å². The normalized spacial score (nSPS) is 10.7. The minimum atomic E-state index is -0.0613. The Labute approximate surface area is 158 Å². The van der Waals surface area contributed by atoms with Crippen LogP contribution < -0.4 is 4.74 Å². The van der Waals surface area contributed by atoms with Crippen molar-refractivity contribution in [3.63, 3.8) is 0 Å². The SMILES string of the molecule is CCc1ccc(OCC(=O)N(Cc2ccco2)Cc2sccc2C)cc1. The average molecular weight is 369 g/mol. The van der Waals surface area contributed by atoms with Gasteiger partial charge in [-0.25, -0.2) is 0 Å². The van der Waals surface area contributed by atoms with Crippen molar-refractivity contribution in [3.05, 3.63) is 75.9 Å². The Morgan fingerprint density at radius 1 is 1.15 bits per heavy atom. The number of benzene rings is 1. The third kappa shape index (κ3) is 4.76. The smallest absolute Gasteiger partial charge is 0.261 e. The maximum atomic E-state index is 12.8. The first-order chi connectivity index (χ1) is 12.7. The van der Waals surface area contributed by atoms with Crippen molar-refractivity contribution >= 4 is 17.2 Å². The van der Waals surface area contributed by atoms with E-state index >= 15 is 0 Å². The Morgan fingerprint density at radius 2 is 1.96 bits per heavy atom. The molecule has 0 radical (unpaired) electrons. The van der Waals surface area contributed by atoms with Gasteiger partial charge in [-0.15, -0.1) is 11.3 Å². The summed E-state index contributed by atoms with van der Waals surface area (Å²) in [5.41, 5.74) is 2.44. The van der Waals surface area contributed by atoms with Gasteiger partial charge >= 0.3 is 0 Å². The van der Waals surface area contributed by atoms with E-state index in [0.717, 1.165) is 12.2 Å². The molecule has 3 rings (SSSR count). The third-order valence-corrected chi connectivity index (χ3v) is 5.28. The van der Waals surface area contributed by atoms with Crippen molar-refractivity contribution < 1.29 is 13.9 Å². The number of furan rings is 1. The lowest BCUT2D eigenvalue weighted by atomic mass is 10.2. The Morgan fingerprint density at radius 3 is 2.58 bits per heavy atom. The molecule has 5 heteroatoms. The zero-order valence-electron chi connectivity index (χ0n) is 15.1. The van der Waals surface area contributed by atoms with Crippen LogP contribution in [0.4, 0.5) is 0 Å². The van der Waals surface area contributed by atoms with Crippen LogP contribution in [0.2, 0.25) is 0 Å². The largest absolute Gasteiger partial charge is 0.484 e. The summed E-state index contributed by atoms with van der Waals surface area (Å²) in [5.74, 6) is 1.41. The molecule has 0 aliphatic heterocycles. The third-order valence-electron chi connectivity index (χ3n) is 4.28. The van der Waals surface area contributed by atoms with Gasteiger partial charge in [-0.1, -0.05) is 19.1 Å². The highest BCUT2D eigenvalue weighted by Gasteiger charge is 2.18. The van der Waals surface area contributed by atoms with Crippen molar-refractivity contribution in [2.45, 2.75) is 33.4 Å². The Hall–Kier alpha value is -2.53. The van der Waals surface area contributed by atoms with Gasteiger partial charge < -0.3 is 14.1 Å². The fraction of sp³-hybridized carbons (Fsp3) is 0.286. The summed E-state index contributed by atoms with van der Waals surface area (Å²) in [6.07, 6.45) is 2.61. The first-order valence-corrected chi connectivity index (χ1v) is 9.58. The molecular weight excluding hydrogens is 346 g/mol. The molecule has 1 aromatic carbocycles. The van der Waals surface area contributed by atoms with Crippen LogP contribution in [0.1, 0.15) is 28.7 Å². The predicted octanol–water partition coefficient (Wildman–Crippen LogP) is 4.82. The number of ether oxygens (including phenoxy) is 1. The maximum Gasteiger partial charge on any atom is 0.261 e. The van der Waals surface area contributed by atoms with Crippen LogP contribution in [0.15, 0.2) is 58.5 Å². The summed E-state index contributed by atoms with van der Waals surface area (Å²) in [4.78, 5) is 15.7. The van der Waals surface area contributed by atoms with Crippen molar-refractivity contribution in [1.29, 1.82) is 0 Å². The summed E-state index contributed by atoms with van der Waals surface area (Å²) < 4.78 is 11.1. The van der Waals surface area contributed by atoms with Crippen LogP contribution >= 0.6 is 11.3 Å². The van der Waals surface area contributed by atoms with E-state index in [9.17, 15) is 4.79 Å². The standard InChI is InChI=1S/C21H23NO3S/c1-3-17-6-8-18(9-7-17)25-15-21(23)22(13-19-5-4-11-24-19)14-20-16(2)10-12-26-20/h4-12H,3,13-15H2,1-2H3. The van der Waals surface area contributed by atoms with Crippen LogP contribution in [0.5, 0.6) is 5.75 Å². The van der Waals surface area contributed by atoms with E-state index in [1.807, 2.05) is 41.8 Å². The Balaban J connectivity index is 1.66. The molecule has 0 spiro atoms. The number of rotatable bonds is 8. The van der Waals surface area contributed by atoms with Gasteiger partial charge in [0.2, 0.25) is 0 Å². The summed E-state index contributed by atoms with van der Waals surface area (Å²) in [6.45, 7) is 5.17. The Kier molecular flexibility index (Phi) is 6.12. The lowest BCUT2D eigenvalue weighted by molar-refractivity contribution is -0.134. The summed E-state index contributed by atoms with van der Waals surface area (Å²) in [7, 11) is 0. The number of amides is 1. The van der Waals surface area contributed by atoms with E-state index in [2.05, 4.69) is 19.9 Å². The number of hydrogen-bond acceptors (Lipinski definition) is 4. The lowest BCUT2D eigenvalue weighted by Gasteiger charge is -2.22. The summed E-state index contributed by atoms with van der Waals surface area (Å²) >= 11 is 1.66. The molecule has 0 aliphatic rings. The minimum Gasteiger partial charge on any atom is -0.484 e. The highest BCUT2D eigenvalue weighted by atomic mass is 32.1. The number of nitrogens with zero attached hydrogens (tertiary/aromatic N) is 1. The molecule has 136 valence electrons. The number of carbonyl (C=O) groups excluding carboxylic acids is 1.